The summed E-state index contributed by atoms with van der Waals surface area (Å²) in [6.45, 7) is 10.2. The fraction of sp³-hybridized carbons (Fsp3) is 0.333. The summed E-state index contributed by atoms with van der Waals surface area (Å²) in [5, 5.41) is 17.3. The SMILES string of the molecule is CCCCn1c2cc3c4cc2c2cc5c(cc21)CCc1cc2c(cc15)c1cc5c(cc1n2CCCC)CCc1cc2c(cc15)c1cc4c(cc1n2CCCC)CC3. The van der Waals surface area contributed by atoms with Gasteiger partial charge in [0.05, 0.1) is 0 Å². The van der Waals surface area contributed by atoms with Crippen molar-refractivity contribution in [2.24, 2.45) is 0 Å². The van der Waals surface area contributed by atoms with E-state index in [-0.39, 0.29) is 0 Å². The summed E-state index contributed by atoms with van der Waals surface area (Å²) in [5.74, 6) is 0. The second kappa shape index (κ2) is 11.9. The minimum absolute atomic E-state index is 1.08. The normalized spacial score (nSPS) is 14.8. The Morgan fingerprint density at radius 2 is 0.474 bits per heavy atom. The zero-order valence-electron chi connectivity index (χ0n) is 33.9. The summed E-state index contributed by atoms with van der Waals surface area (Å²) in [7, 11) is 0. The minimum atomic E-state index is 1.08. The van der Waals surface area contributed by atoms with E-state index >= 15 is 0 Å². The van der Waals surface area contributed by atoms with Crippen LogP contribution >= 0.6 is 0 Å². The van der Waals surface area contributed by atoms with Gasteiger partial charge in [-0.3, -0.25) is 0 Å². The fourth-order valence-corrected chi connectivity index (χ4v) is 12.0. The molecular weight excluding hydrogens is 691 g/mol. The van der Waals surface area contributed by atoms with Crippen LogP contribution in [0.25, 0.3) is 97.7 Å². The molecule has 13 rings (SSSR count). The molecule has 57 heavy (non-hydrogen) atoms. The first kappa shape index (κ1) is 32.8. The third-order valence-corrected chi connectivity index (χ3v) is 15.0. The largest absolute Gasteiger partial charge is 0.340 e. The molecule has 7 aromatic carbocycles. The number of benzene rings is 6. The number of unbranched alkanes of at least 4 members (excludes halogenated alkanes) is 3. The molecule has 3 nitrogen and oxygen atoms in total. The summed E-state index contributed by atoms with van der Waals surface area (Å²) < 4.78 is 8.07. The van der Waals surface area contributed by atoms with E-state index in [1.54, 1.807) is 0 Å². The highest BCUT2D eigenvalue weighted by molar-refractivity contribution is 6.20. The molecule has 0 radical (unpaired) electrons. The number of aromatic nitrogens is 3. The van der Waals surface area contributed by atoms with E-state index in [0.29, 0.717) is 0 Å². The summed E-state index contributed by atoms with van der Waals surface area (Å²) in [5.41, 5.74) is 17.7. The average molecular weight is 742 g/mol. The lowest BCUT2D eigenvalue weighted by atomic mass is 9.86. The minimum Gasteiger partial charge on any atom is -0.340 e. The quantitative estimate of drug-likeness (QED) is 0.140. The van der Waals surface area contributed by atoms with Crippen molar-refractivity contribution in [3.05, 3.63) is 106 Å². The number of hydrogen-bond acceptors (Lipinski definition) is 0. The van der Waals surface area contributed by atoms with Crippen LogP contribution in [0.2, 0.25) is 0 Å². The van der Waals surface area contributed by atoms with Gasteiger partial charge in [-0.2, -0.15) is 0 Å². The summed E-state index contributed by atoms with van der Waals surface area (Å²) in [6, 6.07) is 31.3. The molecule has 0 saturated carbocycles. The van der Waals surface area contributed by atoms with Crippen LogP contribution in [0.15, 0.2) is 72.8 Å². The van der Waals surface area contributed by atoms with Gasteiger partial charge in [0.2, 0.25) is 0 Å². The second-order valence-electron chi connectivity index (χ2n) is 18.2. The summed E-state index contributed by atoms with van der Waals surface area (Å²) >= 11 is 0. The van der Waals surface area contributed by atoms with E-state index in [0.717, 1.165) is 58.2 Å². The maximum Gasteiger partial charge on any atom is 0.0494 e. The maximum atomic E-state index is 2.69. The van der Waals surface area contributed by atoms with Gasteiger partial charge in [0, 0.05) is 85.1 Å². The highest BCUT2D eigenvalue weighted by Gasteiger charge is 2.25. The van der Waals surface area contributed by atoms with Gasteiger partial charge < -0.3 is 13.7 Å². The van der Waals surface area contributed by atoms with Crippen molar-refractivity contribution in [3.8, 4) is 0 Å². The topological polar surface area (TPSA) is 14.8 Å². The summed E-state index contributed by atoms with van der Waals surface area (Å²) in [6.07, 6.45) is 13.8. The number of nitrogens with zero attached hydrogens (tertiary/aromatic N) is 3. The Morgan fingerprint density at radius 1 is 0.281 bits per heavy atom. The van der Waals surface area contributed by atoms with Gasteiger partial charge in [-0.1, -0.05) is 40.0 Å². The Balaban J connectivity index is 1.27. The molecule has 0 atom stereocenters. The molecule has 3 aliphatic rings. The molecule has 0 saturated heterocycles. The highest BCUT2D eigenvalue weighted by atomic mass is 15.0. The first-order valence-electron chi connectivity index (χ1n) is 22.5. The molecule has 10 aromatic rings. The van der Waals surface area contributed by atoms with Gasteiger partial charge in [0.25, 0.3) is 0 Å². The van der Waals surface area contributed by atoms with E-state index in [2.05, 4.69) is 107 Å². The second-order valence-corrected chi connectivity index (χ2v) is 18.2. The molecule has 0 amide bonds. The van der Waals surface area contributed by atoms with Crippen molar-refractivity contribution in [2.75, 3.05) is 0 Å². The van der Waals surface area contributed by atoms with Gasteiger partial charge in [-0.25, -0.2) is 0 Å². The number of rotatable bonds is 9. The average Bonchev–Trinajstić information content (AvgIpc) is 3.81. The van der Waals surface area contributed by atoms with Gasteiger partial charge in [-0.05, 0) is 196 Å². The van der Waals surface area contributed by atoms with Gasteiger partial charge in [-0.15, -0.1) is 0 Å². The molecule has 0 N–H and O–H groups in total. The first-order valence-corrected chi connectivity index (χ1v) is 22.5. The summed E-state index contributed by atoms with van der Waals surface area (Å²) in [4.78, 5) is 0. The van der Waals surface area contributed by atoms with Crippen molar-refractivity contribution in [2.45, 2.75) is 117 Å². The zero-order valence-corrected chi connectivity index (χ0v) is 33.9. The van der Waals surface area contributed by atoms with Crippen molar-refractivity contribution in [1.29, 1.82) is 0 Å². The van der Waals surface area contributed by atoms with Crippen molar-refractivity contribution in [1.82, 2.24) is 13.7 Å². The van der Waals surface area contributed by atoms with Crippen molar-refractivity contribution < 1.29 is 0 Å². The predicted molar refractivity (Wildman–Crippen MR) is 245 cm³/mol. The van der Waals surface area contributed by atoms with Gasteiger partial charge in [0.1, 0.15) is 0 Å². The van der Waals surface area contributed by atoms with E-state index in [1.165, 1.54) is 170 Å². The molecular formula is C54H51N3. The monoisotopic (exact) mass is 741 g/mol. The molecule has 3 aromatic heterocycles. The fourth-order valence-electron chi connectivity index (χ4n) is 12.0. The van der Waals surface area contributed by atoms with Crippen molar-refractivity contribution >= 4 is 97.7 Å². The van der Waals surface area contributed by atoms with E-state index in [9.17, 15) is 0 Å². The van der Waals surface area contributed by atoms with Crippen molar-refractivity contribution in [3.63, 3.8) is 0 Å². The van der Waals surface area contributed by atoms with Gasteiger partial charge in [0.15, 0.2) is 0 Å². The Hall–Kier alpha value is -5.28. The maximum absolute atomic E-state index is 2.69. The molecule has 3 heterocycles. The highest BCUT2D eigenvalue weighted by Crippen LogP contribution is 2.45. The molecule has 12 bridgehead atoms. The third kappa shape index (κ3) is 4.38. The Labute approximate surface area is 333 Å². The van der Waals surface area contributed by atoms with Crippen LogP contribution < -0.4 is 0 Å². The molecule has 0 spiro atoms. The molecule has 3 heteroatoms. The van der Waals surface area contributed by atoms with Crippen LogP contribution in [0.1, 0.15) is 92.7 Å². The van der Waals surface area contributed by atoms with Crippen LogP contribution in [0.5, 0.6) is 0 Å². The Kier molecular flexibility index (Phi) is 6.83. The lowest BCUT2D eigenvalue weighted by Gasteiger charge is -2.17. The number of hydrogen-bond donors (Lipinski definition) is 0. The molecule has 282 valence electrons. The number of aryl methyl sites for hydroxylation is 9. The molecule has 0 unspecified atom stereocenters. The van der Waals surface area contributed by atoms with Crippen LogP contribution in [0, 0.1) is 0 Å². The lowest BCUT2D eigenvalue weighted by Crippen LogP contribution is -2.03. The smallest absolute Gasteiger partial charge is 0.0494 e. The Morgan fingerprint density at radius 3 is 0.649 bits per heavy atom. The molecule has 0 aliphatic heterocycles. The van der Waals surface area contributed by atoms with E-state index in [1.807, 2.05) is 0 Å². The van der Waals surface area contributed by atoms with Crippen LogP contribution in [0.4, 0.5) is 0 Å². The predicted octanol–water partition coefficient (Wildman–Crippen LogP) is 14.2. The zero-order chi connectivity index (χ0) is 37.7. The van der Waals surface area contributed by atoms with Gasteiger partial charge >= 0.3 is 0 Å². The van der Waals surface area contributed by atoms with Crippen LogP contribution in [-0.4, -0.2) is 13.7 Å². The third-order valence-electron chi connectivity index (χ3n) is 15.0. The van der Waals surface area contributed by atoms with E-state index in [4.69, 9.17) is 0 Å². The van der Waals surface area contributed by atoms with Crippen LogP contribution in [-0.2, 0) is 58.2 Å². The molecule has 3 aliphatic carbocycles. The van der Waals surface area contributed by atoms with E-state index < -0.39 is 0 Å². The van der Waals surface area contributed by atoms with Crippen LogP contribution in [0.3, 0.4) is 0 Å². The molecule has 0 fully saturated rings. The lowest BCUT2D eigenvalue weighted by molar-refractivity contribution is 0.664. The first-order chi connectivity index (χ1) is 28.1. The standard InChI is InChI=1S/C54H51N3/c1-4-7-16-55-49-19-31-10-12-33-21-51-45-27-39(33)37(31)25-43(49)44-26-38-32(20-50(44)55)11-13-34-22-52-46(28-40(34)38)48-30-42-36(24-54(48)57(52)18-9-6-3)15-14-35-23-53(47(45)29-41(35)42)56(51)17-8-5-2/h19-30H,4-18H2,1-3H3. The Bertz CT molecular complexity index is 2840.